The van der Waals surface area contributed by atoms with E-state index in [2.05, 4.69) is 18.6 Å². The van der Waals surface area contributed by atoms with Crippen LogP contribution >= 0.6 is 0 Å². The summed E-state index contributed by atoms with van der Waals surface area (Å²) in [5, 5.41) is 0. The second kappa shape index (κ2) is 7.43. The van der Waals surface area contributed by atoms with Gasteiger partial charge < -0.3 is 10.5 Å². The predicted octanol–water partition coefficient (Wildman–Crippen LogP) is 0.848. The lowest BCUT2D eigenvalue weighted by Gasteiger charge is -2.24. The zero-order valence-electron chi connectivity index (χ0n) is 11.4. The van der Waals surface area contributed by atoms with Crippen LogP contribution in [0.15, 0.2) is 0 Å². The fourth-order valence-electron chi connectivity index (χ4n) is 2.25. The molecule has 3 N–H and O–H groups in total. The van der Waals surface area contributed by atoms with Crippen molar-refractivity contribution < 1.29 is 13.2 Å². The van der Waals surface area contributed by atoms with Gasteiger partial charge in [-0.1, -0.05) is 13.8 Å². The smallest absolute Gasteiger partial charge is 0.214 e. The third-order valence-corrected chi connectivity index (χ3v) is 4.57. The van der Waals surface area contributed by atoms with Crippen LogP contribution < -0.4 is 10.5 Å². The topological polar surface area (TPSA) is 81.4 Å². The molecule has 1 aliphatic heterocycles. The molecule has 0 saturated carbocycles. The summed E-state index contributed by atoms with van der Waals surface area (Å²) < 4.78 is 32.2. The first-order valence-corrected chi connectivity index (χ1v) is 8.40. The van der Waals surface area contributed by atoms with Crippen LogP contribution in [0.2, 0.25) is 0 Å². The van der Waals surface area contributed by atoms with Gasteiger partial charge in [0.1, 0.15) is 0 Å². The van der Waals surface area contributed by atoms with E-state index in [0.29, 0.717) is 19.1 Å². The summed E-state index contributed by atoms with van der Waals surface area (Å²) in [5.41, 5.74) is 5.60. The molecule has 0 bridgehead atoms. The molecule has 1 rings (SSSR count). The summed E-state index contributed by atoms with van der Waals surface area (Å²) in [6, 6.07) is -0.168. The van der Waals surface area contributed by atoms with Gasteiger partial charge in [0, 0.05) is 19.2 Å². The lowest BCUT2D eigenvalue weighted by Crippen LogP contribution is -2.44. The second-order valence-corrected chi connectivity index (χ2v) is 7.25. The van der Waals surface area contributed by atoms with E-state index in [9.17, 15) is 8.42 Å². The van der Waals surface area contributed by atoms with Gasteiger partial charge >= 0.3 is 0 Å². The largest absolute Gasteiger partial charge is 0.377 e. The van der Waals surface area contributed by atoms with E-state index in [4.69, 9.17) is 10.5 Å². The Labute approximate surface area is 111 Å². The van der Waals surface area contributed by atoms with Crippen LogP contribution in [0.25, 0.3) is 0 Å². The fraction of sp³-hybridized carbons (Fsp3) is 1.00. The van der Waals surface area contributed by atoms with Crippen LogP contribution in [0.1, 0.15) is 39.5 Å². The van der Waals surface area contributed by atoms with Gasteiger partial charge in [0.2, 0.25) is 10.0 Å². The summed E-state index contributed by atoms with van der Waals surface area (Å²) >= 11 is 0. The molecule has 108 valence electrons. The lowest BCUT2D eigenvalue weighted by atomic mass is 10.1. The number of nitrogens with two attached hydrogens (primary N) is 1. The Balaban J connectivity index is 2.46. The number of hydrogen-bond acceptors (Lipinski definition) is 4. The number of ether oxygens (including phenoxy) is 1. The van der Waals surface area contributed by atoms with Crippen molar-refractivity contribution in [3.8, 4) is 0 Å². The van der Waals surface area contributed by atoms with E-state index in [1.807, 2.05) is 0 Å². The van der Waals surface area contributed by atoms with Gasteiger partial charge in [-0.15, -0.1) is 0 Å². The number of nitrogens with one attached hydrogen (secondary N) is 1. The van der Waals surface area contributed by atoms with E-state index in [1.54, 1.807) is 0 Å². The Morgan fingerprint density at radius 2 is 2.11 bits per heavy atom. The molecule has 0 aromatic carbocycles. The Morgan fingerprint density at radius 1 is 1.39 bits per heavy atom. The first-order chi connectivity index (χ1) is 8.43. The molecule has 6 heteroatoms. The molecule has 0 radical (unpaired) electrons. The van der Waals surface area contributed by atoms with Gasteiger partial charge in [-0.05, 0) is 31.6 Å². The summed E-state index contributed by atoms with van der Waals surface area (Å²) in [7, 11) is -3.29. The Bertz CT molecular complexity index is 324. The first-order valence-electron chi connectivity index (χ1n) is 6.74. The van der Waals surface area contributed by atoms with E-state index in [1.165, 1.54) is 0 Å². The van der Waals surface area contributed by atoms with Crippen molar-refractivity contribution in [1.82, 2.24) is 4.72 Å². The van der Waals surface area contributed by atoms with Crippen LogP contribution in [0.4, 0.5) is 0 Å². The van der Waals surface area contributed by atoms with Crippen molar-refractivity contribution in [2.24, 2.45) is 11.7 Å². The second-order valence-electron chi connectivity index (χ2n) is 5.45. The van der Waals surface area contributed by atoms with Gasteiger partial charge in [0.25, 0.3) is 0 Å². The van der Waals surface area contributed by atoms with Crippen LogP contribution in [0, 0.1) is 5.92 Å². The SMILES string of the molecule is CC(C)CC(CN)NS(=O)(=O)CC1CCCCO1. The fourth-order valence-corrected chi connectivity index (χ4v) is 3.80. The van der Waals surface area contributed by atoms with Crippen molar-refractivity contribution in [3.63, 3.8) is 0 Å². The Kier molecular flexibility index (Phi) is 6.55. The average molecular weight is 278 g/mol. The van der Waals surface area contributed by atoms with Crippen molar-refractivity contribution >= 4 is 10.0 Å². The number of hydrogen-bond donors (Lipinski definition) is 2. The number of rotatable bonds is 7. The molecule has 0 aliphatic carbocycles. The third-order valence-electron chi connectivity index (χ3n) is 3.07. The number of sulfonamides is 1. The highest BCUT2D eigenvalue weighted by molar-refractivity contribution is 7.89. The van der Waals surface area contributed by atoms with Gasteiger partial charge in [-0.3, -0.25) is 0 Å². The maximum atomic E-state index is 12.0. The minimum Gasteiger partial charge on any atom is -0.377 e. The molecule has 1 saturated heterocycles. The van der Waals surface area contributed by atoms with Crippen molar-refractivity contribution in [1.29, 1.82) is 0 Å². The molecular formula is C12H26N2O3S. The molecule has 1 heterocycles. The minimum atomic E-state index is -3.29. The summed E-state index contributed by atoms with van der Waals surface area (Å²) in [5.74, 6) is 0.480. The van der Waals surface area contributed by atoms with Gasteiger partial charge in [-0.25, -0.2) is 13.1 Å². The Morgan fingerprint density at radius 3 is 2.61 bits per heavy atom. The van der Waals surface area contributed by atoms with Crippen molar-refractivity contribution in [2.75, 3.05) is 18.9 Å². The highest BCUT2D eigenvalue weighted by Crippen LogP contribution is 2.14. The Hall–Kier alpha value is -0.170. The van der Waals surface area contributed by atoms with Gasteiger partial charge in [0.05, 0.1) is 11.9 Å². The summed E-state index contributed by atoms with van der Waals surface area (Å²) in [4.78, 5) is 0. The van der Waals surface area contributed by atoms with Gasteiger partial charge in [0.15, 0.2) is 0 Å². The molecule has 2 unspecified atom stereocenters. The van der Waals surface area contributed by atoms with Gasteiger partial charge in [-0.2, -0.15) is 0 Å². The quantitative estimate of drug-likeness (QED) is 0.723. The van der Waals surface area contributed by atoms with E-state index < -0.39 is 10.0 Å². The molecule has 1 aliphatic rings. The monoisotopic (exact) mass is 278 g/mol. The highest BCUT2D eigenvalue weighted by atomic mass is 32.2. The molecule has 1 fully saturated rings. The summed E-state index contributed by atoms with van der Waals surface area (Å²) in [6.07, 6.45) is 3.52. The maximum absolute atomic E-state index is 12.0. The molecule has 0 amide bonds. The van der Waals surface area contributed by atoms with E-state index in [-0.39, 0.29) is 17.9 Å². The van der Waals surface area contributed by atoms with Crippen molar-refractivity contribution in [2.45, 2.75) is 51.7 Å². The average Bonchev–Trinajstić information content (AvgIpc) is 2.27. The molecular weight excluding hydrogens is 252 g/mol. The normalized spacial score (nSPS) is 23.2. The van der Waals surface area contributed by atoms with Crippen LogP contribution in [0.5, 0.6) is 0 Å². The maximum Gasteiger partial charge on any atom is 0.214 e. The van der Waals surface area contributed by atoms with Crippen LogP contribution in [0.3, 0.4) is 0 Å². The minimum absolute atomic E-state index is 0.0571. The van der Waals surface area contributed by atoms with Crippen LogP contribution in [-0.2, 0) is 14.8 Å². The first kappa shape index (κ1) is 15.9. The predicted molar refractivity (Wildman–Crippen MR) is 72.8 cm³/mol. The zero-order chi connectivity index (χ0) is 13.6. The van der Waals surface area contributed by atoms with Crippen molar-refractivity contribution in [3.05, 3.63) is 0 Å². The third kappa shape index (κ3) is 6.13. The summed E-state index contributed by atoms with van der Waals surface area (Å²) in [6.45, 7) is 5.12. The van der Waals surface area contributed by atoms with E-state index >= 15 is 0 Å². The standard InChI is InChI=1S/C12H26N2O3S/c1-10(2)7-11(8-13)14-18(15,16)9-12-5-3-4-6-17-12/h10-12,14H,3-9,13H2,1-2H3. The zero-order valence-corrected chi connectivity index (χ0v) is 12.2. The molecule has 5 nitrogen and oxygen atoms in total. The molecule has 18 heavy (non-hydrogen) atoms. The molecule has 0 spiro atoms. The molecule has 0 aromatic rings. The van der Waals surface area contributed by atoms with Crippen LogP contribution in [-0.4, -0.2) is 39.5 Å². The molecule has 2 atom stereocenters. The lowest BCUT2D eigenvalue weighted by molar-refractivity contribution is 0.0303. The molecule has 0 aromatic heterocycles. The highest BCUT2D eigenvalue weighted by Gasteiger charge is 2.24. The van der Waals surface area contributed by atoms with E-state index in [0.717, 1.165) is 25.7 Å².